The highest BCUT2D eigenvalue weighted by Gasteiger charge is 2.44. The van der Waals surface area contributed by atoms with Gasteiger partial charge >= 0.3 is 0 Å². The molecule has 2 atom stereocenters. The Bertz CT molecular complexity index is 390. The van der Waals surface area contributed by atoms with Gasteiger partial charge in [0.2, 0.25) is 0 Å². The molecule has 2 fully saturated rings. The number of pyridine rings is 1. The fraction of sp³-hybridized carbons (Fsp3) is 0.667. The normalized spacial score (nSPS) is 30.8. The number of nitrogens with zero attached hydrogens (tertiary/aromatic N) is 1. The van der Waals surface area contributed by atoms with E-state index in [0.717, 1.165) is 31.9 Å². The smallest absolute Gasteiger partial charge is 0.0856 e. The molecule has 0 aromatic carbocycles. The Morgan fingerprint density at radius 1 is 1.53 bits per heavy atom. The van der Waals surface area contributed by atoms with Crippen LogP contribution < -0.4 is 5.32 Å². The zero-order chi connectivity index (χ0) is 13.0. The summed E-state index contributed by atoms with van der Waals surface area (Å²) in [6.45, 7) is 4.22. The van der Waals surface area contributed by atoms with Crippen molar-refractivity contribution in [3.05, 3.63) is 30.1 Å². The van der Waals surface area contributed by atoms with Crippen molar-refractivity contribution in [1.29, 1.82) is 0 Å². The Balaban J connectivity index is 1.51. The van der Waals surface area contributed by atoms with Crippen LogP contribution >= 0.6 is 0 Å². The van der Waals surface area contributed by atoms with Crippen LogP contribution in [-0.4, -0.2) is 36.9 Å². The number of ether oxygens (including phenoxy) is 2. The summed E-state index contributed by atoms with van der Waals surface area (Å²) in [5.74, 6) is 0.525. The molecule has 1 saturated carbocycles. The second-order valence-electron chi connectivity index (χ2n) is 5.56. The third-order valence-electron chi connectivity index (χ3n) is 4.30. The predicted molar refractivity (Wildman–Crippen MR) is 72.8 cm³/mol. The van der Waals surface area contributed by atoms with Gasteiger partial charge in [-0.25, -0.2) is 0 Å². The summed E-state index contributed by atoms with van der Waals surface area (Å²) in [6, 6.07) is 4.00. The number of hydrogen-bond donors (Lipinski definition) is 1. The average molecular weight is 262 g/mol. The minimum atomic E-state index is 0.0349. The third-order valence-corrected chi connectivity index (χ3v) is 4.30. The van der Waals surface area contributed by atoms with Gasteiger partial charge in [0, 0.05) is 31.4 Å². The van der Waals surface area contributed by atoms with Gasteiger partial charge in [-0.2, -0.15) is 0 Å². The third kappa shape index (κ3) is 2.96. The maximum atomic E-state index is 6.09. The van der Waals surface area contributed by atoms with E-state index in [-0.39, 0.29) is 5.60 Å². The van der Waals surface area contributed by atoms with Gasteiger partial charge in [-0.3, -0.25) is 4.98 Å². The molecule has 1 aromatic heterocycles. The van der Waals surface area contributed by atoms with Crippen LogP contribution in [-0.2, 0) is 16.1 Å². The first-order valence-electron chi connectivity index (χ1n) is 7.20. The number of rotatable bonds is 4. The zero-order valence-corrected chi connectivity index (χ0v) is 11.3. The number of hydrogen-bond acceptors (Lipinski definition) is 4. The molecule has 1 aliphatic carbocycles. The van der Waals surface area contributed by atoms with Crippen molar-refractivity contribution in [3.8, 4) is 0 Å². The molecule has 0 radical (unpaired) electrons. The molecule has 0 unspecified atom stereocenters. The van der Waals surface area contributed by atoms with Crippen LogP contribution in [0.5, 0.6) is 0 Å². The summed E-state index contributed by atoms with van der Waals surface area (Å²) in [5.41, 5.74) is 1.17. The lowest BCUT2D eigenvalue weighted by Crippen LogP contribution is -2.52. The Morgan fingerprint density at radius 2 is 2.53 bits per heavy atom. The van der Waals surface area contributed by atoms with Gasteiger partial charge in [0.25, 0.3) is 0 Å². The first-order valence-corrected chi connectivity index (χ1v) is 7.20. The molecule has 1 aliphatic heterocycles. The van der Waals surface area contributed by atoms with Gasteiger partial charge in [0.15, 0.2) is 0 Å². The molecule has 3 rings (SSSR count). The Hall–Kier alpha value is -0.970. The Labute approximate surface area is 114 Å². The fourth-order valence-electron chi connectivity index (χ4n) is 3.25. The number of morpholine rings is 1. The van der Waals surface area contributed by atoms with Crippen LogP contribution in [0.25, 0.3) is 0 Å². The molecule has 2 aliphatic rings. The molecule has 104 valence electrons. The summed E-state index contributed by atoms with van der Waals surface area (Å²) >= 11 is 0. The molecule has 1 spiro atoms. The van der Waals surface area contributed by atoms with Gasteiger partial charge in [-0.05, 0) is 24.5 Å². The first-order chi connectivity index (χ1) is 9.39. The summed E-state index contributed by atoms with van der Waals surface area (Å²) in [4.78, 5) is 4.10. The fourth-order valence-corrected chi connectivity index (χ4v) is 3.25. The van der Waals surface area contributed by atoms with Gasteiger partial charge in [-0.1, -0.05) is 12.5 Å². The molecule has 0 bridgehead atoms. The standard InChI is InChI=1S/C15H22N2O2/c1-4-14(15(5-1)12-17-7-8-19-15)11-18-10-13-3-2-6-16-9-13/h2-3,6,9,14,17H,1,4-5,7-8,10-12H2/t14-,15+/m0/s1. The topological polar surface area (TPSA) is 43.4 Å². The van der Waals surface area contributed by atoms with E-state index in [9.17, 15) is 0 Å². The highest BCUT2D eigenvalue weighted by Crippen LogP contribution is 2.39. The van der Waals surface area contributed by atoms with Gasteiger partial charge in [0.1, 0.15) is 0 Å². The van der Waals surface area contributed by atoms with Crippen LogP contribution in [0.2, 0.25) is 0 Å². The van der Waals surface area contributed by atoms with E-state index < -0.39 is 0 Å². The molecule has 4 nitrogen and oxygen atoms in total. The number of aromatic nitrogens is 1. The highest BCUT2D eigenvalue weighted by molar-refractivity contribution is 5.06. The van der Waals surface area contributed by atoms with Crippen LogP contribution in [0, 0.1) is 5.92 Å². The van der Waals surface area contributed by atoms with E-state index in [1.165, 1.54) is 19.3 Å². The zero-order valence-electron chi connectivity index (χ0n) is 11.3. The summed E-state index contributed by atoms with van der Waals surface area (Å²) in [6.07, 6.45) is 7.29. The summed E-state index contributed by atoms with van der Waals surface area (Å²) < 4.78 is 12.0. The van der Waals surface area contributed by atoms with Crippen LogP contribution in [0.15, 0.2) is 24.5 Å². The van der Waals surface area contributed by atoms with Crippen molar-refractivity contribution in [2.24, 2.45) is 5.92 Å². The largest absolute Gasteiger partial charge is 0.376 e. The molecule has 1 aromatic rings. The molecule has 19 heavy (non-hydrogen) atoms. The van der Waals surface area contributed by atoms with Crippen molar-refractivity contribution >= 4 is 0 Å². The molecular formula is C15H22N2O2. The second kappa shape index (κ2) is 5.99. The Morgan fingerprint density at radius 3 is 3.32 bits per heavy atom. The van der Waals surface area contributed by atoms with E-state index in [0.29, 0.717) is 12.5 Å². The lowest BCUT2D eigenvalue weighted by Gasteiger charge is -2.39. The lowest BCUT2D eigenvalue weighted by atomic mass is 9.90. The SMILES string of the molecule is c1cncc(COC[C@@H]2CCC[C@@]23CNCCO3)c1. The molecule has 1 saturated heterocycles. The predicted octanol–water partition coefficient (Wildman–Crippen LogP) is 1.76. The Kier molecular flexibility index (Phi) is 4.11. The molecule has 2 heterocycles. The van der Waals surface area contributed by atoms with Crippen molar-refractivity contribution in [3.63, 3.8) is 0 Å². The van der Waals surface area contributed by atoms with E-state index >= 15 is 0 Å². The van der Waals surface area contributed by atoms with Crippen LogP contribution in [0.3, 0.4) is 0 Å². The van der Waals surface area contributed by atoms with Crippen molar-refractivity contribution in [2.75, 3.05) is 26.3 Å². The molecule has 1 N–H and O–H groups in total. The quantitative estimate of drug-likeness (QED) is 0.898. The second-order valence-corrected chi connectivity index (χ2v) is 5.56. The molecule has 0 amide bonds. The van der Waals surface area contributed by atoms with E-state index in [4.69, 9.17) is 9.47 Å². The van der Waals surface area contributed by atoms with E-state index in [1.54, 1.807) is 6.20 Å². The van der Waals surface area contributed by atoms with E-state index in [1.807, 2.05) is 12.3 Å². The first kappa shape index (κ1) is 13.0. The van der Waals surface area contributed by atoms with Gasteiger partial charge < -0.3 is 14.8 Å². The summed E-state index contributed by atoms with van der Waals surface area (Å²) in [5, 5.41) is 3.47. The summed E-state index contributed by atoms with van der Waals surface area (Å²) in [7, 11) is 0. The minimum Gasteiger partial charge on any atom is -0.376 e. The minimum absolute atomic E-state index is 0.0349. The monoisotopic (exact) mass is 262 g/mol. The van der Waals surface area contributed by atoms with Gasteiger partial charge in [-0.15, -0.1) is 0 Å². The maximum Gasteiger partial charge on any atom is 0.0856 e. The lowest BCUT2D eigenvalue weighted by molar-refractivity contribution is -0.108. The van der Waals surface area contributed by atoms with Crippen molar-refractivity contribution < 1.29 is 9.47 Å². The van der Waals surface area contributed by atoms with Crippen LogP contribution in [0.4, 0.5) is 0 Å². The average Bonchev–Trinajstić information content (AvgIpc) is 2.83. The van der Waals surface area contributed by atoms with Crippen molar-refractivity contribution in [1.82, 2.24) is 10.3 Å². The maximum absolute atomic E-state index is 6.09. The number of nitrogens with one attached hydrogen (secondary N) is 1. The molecule has 4 heteroatoms. The van der Waals surface area contributed by atoms with Crippen LogP contribution in [0.1, 0.15) is 24.8 Å². The highest BCUT2D eigenvalue weighted by atomic mass is 16.5. The van der Waals surface area contributed by atoms with E-state index in [2.05, 4.69) is 16.4 Å². The molecular weight excluding hydrogens is 240 g/mol. The van der Waals surface area contributed by atoms with Gasteiger partial charge in [0.05, 0.1) is 25.4 Å². The van der Waals surface area contributed by atoms with Crippen molar-refractivity contribution in [2.45, 2.75) is 31.5 Å².